The van der Waals surface area contributed by atoms with Crippen LogP contribution >= 0.6 is 0 Å². The molecule has 1 amide bonds. The Balaban J connectivity index is 1.47. The summed E-state index contributed by atoms with van der Waals surface area (Å²) >= 11 is 0. The number of anilines is 3. The molecule has 0 aliphatic heterocycles. The Morgan fingerprint density at radius 3 is 2.54 bits per heavy atom. The Labute approximate surface area is 165 Å². The lowest BCUT2D eigenvalue weighted by molar-refractivity contribution is 0.0492. The molecule has 28 heavy (non-hydrogen) atoms. The van der Waals surface area contributed by atoms with E-state index in [2.05, 4.69) is 36.1 Å². The highest BCUT2D eigenvalue weighted by atomic mass is 16.6. The third-order valence-corrected chi connectivity index (χ3v) is 4.40. The number of alkyl carbamates (subject to hydrolysis) is 1. The molecule has 0 aromatic carbocycles. The summed E-state index contributed by atoms with van der Waals surface area (Å²) < 4.78 is 5.33. The molecule has 0 saturated heterocycles. The van der Waals surface area contributed by atoms with E-state index in [1.54, 1.807) is 12.3 Å². The summed E-state index contributed by atoms with van der Waals surface area (Å²) in [7, 11) is 0. The molecule has 2 aromatic heterocycles. The molecule has 9 nitrogen and oxygen atoms in total. The highest BCUT2D eigenvalue weighted by Gasteiger charge is 2.25. The topological polar surface area (TPSA) is 117 Å². The number of carbonyl (C=O) groups excluding carboxylic acids is 1. The van der Waals surface area contributed by atoms with E-state index in [9.17, 15) is 4.79 Å². The van der Waals surface area contributed by atoms with Crippen molar-refractivity contribution >= 4 is 23.7 Å². The van der Waals surface area contributed by atoms with E-state index in [4.69, 9.17) is 4.74 Å². The van der Waals surface area contributed by atoms with Gasteiger partial charge in [0.1, 0.15) is 11.4 Å². The second kappa shape index (κ2) is 8.45. The maximum Gasteiger partial charge on any atom is 0.407 e. The Hall–Kier alpha value is -2.84. The van der Waals surface area contributed by atoms with Crippen LogP contribution in [-0.4, -0.2) is 43.9 Å². The molecule has 2 aromatic rings. The van der Waals surface area contributed by atoms with Crippen molar-refractivity contribution in [3.8, 4) is 0 Å². The Morgan fingerprint density at radius 2 is 1.89 bits per heavy atom. The highest BCUT2D eigenvalue weighted by molar-refractivity contribution is 5.68. The molecule has 1 saturated carbocycles. The summed E-state index contributed by atoms with van der Waals surface area (Å²) in [6.45, 7) is 7.54. The van der Waals surface area contributed by atoms with Gasteiger partial charge in [-0.25, -0.2) is 9.78 Å². The summed E-state index contributed by atoms with van der Waals surface area (Å²) in [5.74, 6) is 1.99. The van der Waals surface area contributed by atoms with Gasteiger partial charge in [-0.2, -0.15) is 10.1 Å². The van der Waals surface area contributed by atoms with E-state index in [0.717, 1.165) is 37.2 Å². The lowest BCUT2D eigenvalue weighted by Gasteiger charge is -2.30. The first-order chi connectivity index (χ1) is 13.3. The predicted molar refractivity (Wildman–Crippen MR) is 108 cm³/mol. The molecule has 9 heteroatoms. The quantitative estimate of drug-likeness (QED) is 0.620. The second-order valence-electron chi connectivity index (χ2n) is 8.17. The normalized spacial score (nSPS) is 19.7. The first-order valence-electron chi connectivity index (χ1n) is 9.65. The number of H-pyrrole nitrogens is 1. The summed E-state index contributed by atoms with van der Waals surface area (Å²) in [5.41, 5.74) is 0.500. The first kappa shape index (κ1) is 19.9. The molecular weight excluding hydrogens is 358 g/mol. The van der Waals surface area contributed by atoms with E-state index in [0.29, 0.717) is 11.8 Å². The highest BCUT2D eigenvalue weighted by Crippen LogP contribution is 2.22. The van der Waals surface area contributed by atoms with Gasteiger partial charge in [0.25, 0.3) is 0 Å². The van der Waals surface area contributed by atoms with Crippen LogP contribution in [0.15, 0.2) is 18.3 Å². The van der Waals surface area contributed by atoms with Crippen LogP contribution in [0.25, 0.3) is 0 Å². The van der Waals surface area contributed by atoms with Crippen molar-refractivity contribution in [2.45, 2.75) is 71.1 Å². The number of carbonyl (C=O) groups is 1. The summed E-state index contributed by atoms with van der Waals surface area (Å²) in [6.07, 6.45) is 5.01. The average Bonchev–Trinajstić information content (AvgIpc) is 3.00. The van der Waals surface area contributed by atoms with Crippen LogP contribution < -0.4 is 16.0 Å². The summed E-state index contributed by atoms with van der Waals surface area (Å²) in [5, 5.41) is 16.5. The largest absolute Gasteiger partial charge is 0.444 e. The van der Waals surface area contributed by atoms with Crippen LogP contribution in [0.2, 0.25) is 0 Å². The van der Waals surface area contributed by atoms with Gasteiger partial charge >= 0.3 is 6.09 Å². The number of hydrogen-bond acceptors (Lipinski definition) is 7. The zero-order chi connectivity index (χ0) is 20.1. The Bertz CT molecular complexity index is 792. The van der Waals surface area contributed by atoms with Gasteiger partial charge in [0.05, 0.1) is 0 Å². The number of aromatic nitrogens is 4. The van der Waals surface area contributed by atoms with Crippen molar-refractivity contribution in [1.82, 2.24) is 25.5 Å². The molecule has 0 atom stereocenters. The molecule has 4 N–H and O–H groups in total. The van der Waals surface area contributed by atoms with Crippen LogP contribution in [0.3, 0.4) is 0 Å². The van der Waals surface area contributed by atoms with Crippen molar-refractivity contribution in [3.63, 3.8) is 0 Å². The number of aromatic amines is 1. The van der Waals surface area contributed by atoms with E-state index >= 15 is 0 Å². The number of hydrogen-bond donors (Lipinski definition) is 4. The monoisotopic (exact) mass is 387 g/mol. The van der Waals surface area contributed by atoms with Gasteiger partial charge in [-0.05, 0) is 59.4 Å². The van der Waals surface area contributed by atoms with Gasteiger partial charge in [-0.3, -0.25) is 5.10 Å². The first-order valence-corrected chi connectivity index (χ1v) is 9.65. The van der Waals surface area contributed by atoms with Crippen molar-refractivity contribution in [3.05, 3.63) is 24.0 Å². The van der Waals surface area contributed by atoms with Gasteiger partial charge < -0.3 is 20.7 Å². The third-order valence-electron chi connectivity index (χ3n) is 4.40. The number of ether oxygens (including phenoxy) is 1. The lowest BCUT2D eigenvalue weighted by atomic mass is 9.91. The fourth-order valence-corrected chi connectivity index (χ4v) is 3.15. The standard InChI is InChI=1S/C19H29N7O2/c1-12-11-16(26-25-12)23-15-9-10-20-17(24-15)21-13-5-7-14(8-6-13)22-18(27)28-19(2,3)4/h9-11,13-14H,5-8H2,1-4H3,(H,22,27)(H3,20,21,23,24,25,26). The van der Waals surface area contributed by atoms with Crippen molar-refractivity contribution < 1.29 is 9.53 Å². The maximum absolute atomic E-state index is 11.9. The number of aryl methyl sites for hydroxylation is 1. The maximum atomic E-state index is 11.9. The number of nitrogens with one attached hydrogen (secondary N) is 4. The fraction of sp³-hybridized carbons (Fsp3) is 0.579. The molecule has 1 aliphatic rings. The van der Waals surface area contributed by atoms with Gasteiger partial charge in [-0.15, -0.1) is 0 Å². The van der Waals surface area contributed by atoms with Crippen LogP contribution in [0.4, 0.5) is 22.4 Å². The minimum atomic E-state index is -0.478. The van der Waals surface area contributed by atoms with E-state index in [1.165, 1.54) is 0 Å². The van der Waals surface area contributed by atoms with Crippen LogP contribution in [0, 0.1) is 6.92 Å². The van der Waals surface area contributed by atoms with Gasteiger partial charge in [0.2, 0.25) is 5.95 Å². The SMILES string of the molecule is Cc1cc(Nc2ccnc(NC3CCC(NC(=O)OC(C)(C)C)CC3)n2)n[nH]1. The zero-order valence-electron chi connectivity index (χ0n) is 16.9. The molecule has 0 bridgehead atoms. The molecule has 0 radical (unpaired) electrons. The number of rotatable bonds is 5. The van der Waals surface area contributed by atoms with E-state index in [1.807, 2.05) is 33.8 Å². The van der Waals surface area contributed by atoms with Crippen molar-refractivity contribution in [2.75, 3.05) is 10.6 Å². The third kappa shape index (κ3) is 6.11. The zero-order valence-corrected chi connectivity index (χ0v) is 16.9. The number of amides is 1. The molecule has 1 aliphatic carbocycles. The van der Waals surface area contributed by atoms with Crippen LogP contribution in [0.5, 0.6) is 0 Å². The van der Waals surface area contributed by atoms with Crippen molar-refractivity contribution in [1.29, 1.82) is 0 Å². The van der Waals surface area contributed by atoms with E-state index in [-0.39, 0.29) is 18.2 Å². The minimum absolute atomic E-state index is 0.143. The smallest absolute Gasteiger partial charge is 0.407 e. The van der Waals surface area contributed by atoms with Crippen molar-refractivity contribution in [2.24, 2.45) is 0 Å². The molecular formula is C19H29N7O2. The molecule has 0 unspecified atom stereocenters. The minimum Gasteiger partial charge on any atom is -0.444 e. The van der Waals surface area contributed by atoms with E-state index < -0.39 is 5.60 Å². The second-order valence-corrected chi connectivity index (χ2v) is 8.17. The Kier molecular flexibility index (Phi) is 6.01. The van der Waals surface area contributed by atoms with Crippen LogP contribution in [0.1, 0.15) is 52.1 Å². The molecule has 2 heterocycles. The Morgan fingerprint density at radius 1 is 1.18 bits per heavy atom. The van der Waals surface area contributed by atoms with Gasteiger partial charge in [-0.1, -0.05) is 0 Å². The van der Waals surface area contributed by atoms with Gasteiger partial charge in [0, 0.05) is 30.0 Å². The fourth-order valence-electron chi connectivity index (χ4n) is 3.15. The molecule has 3 rings (SSSR count). The summed E-state index contributed by atoms with van der Waals surface area (Å²) in [6, 6.07) is 4.13. The molecule has 0 spiro atoms. The molecule has 152 valence electrons. The average molecular weight is 387 g/mol. The summed E-state index contributed by atoms with van der Waals surface area (Å²) in [4.78, 5) is 20.7. The lowest BCUT2D eigenvalue weighted by Crippen LogP contribution is -2.42. The predicted octanol–water partition coefficient (Wildman–Crippen LogP) is 3.50. The molecule has 1 fully saturated rings. The van der Waals surface area contributed by atoms with Crippen LogP contribution in [-0.2, 0) is 4.74 Å². The number of nitrogens with zero attached hydrogens (tertiary/aromatic N) is 3. The van der Waals surface area contributed by atoms with Gasteiger partial charge in [0.15, 0.2) is 5.82 Å².